The Morgan fingerprint density at radius 3 is 2.84 bits per heavy atom. The number of nitrogens with zero attached hydrogens (tertiary/aromatic N) is 3. The second-order valence-electron chi connectivity index (χ2n) is 6.37. The number of carbonyl (C=O) groups is 2. The molecule has 0 aromatic carbocycles. The normalized spacial score (nSPS) is 15.0. The summed E-state index contributed by atoms with van der Waals surface area (Å²) in [4.78, 5) is 37.7. The molecular formula is C17H22N6O2. The molecule has 0 radical (unpaired) electrons. The molecule has 1 aliphatic heterocycles. The van der Waals surface area contributed by atoms with Gasteiger partial charge >= 0.3 is 0 Å². The summed E-state index contributed by atoms with van der Waals surface area (Å²) in [6.45, 7) is 6.96. The third-order valence-corrected chi connectivity index (χ3v) is 3.90. The minimum absolute atomic E-state index is 0.0468. The molecule has 2 aromatic rings. The van der Waals surface area contributed by atoms with Crippen LogP contribution in [0.4, 0.5) is 5.82 Å². The summed E-state index contributed by atoms with van der Waals surface area (Å²) < 4.78 is 0. The zero-order valence-corrected chi connectivity index (χ0v) is 14.5. The van der Waals surface area contributed by atoms with E-state index in [1.165, 1.54) is 6.08 Å². The Balaban J connectivity index is 1.72. The number of amides is 2. The summed E-state index contributed by atoms with van der Waals surface area (Å²) in [5, 5.41) is 5.77. The monoisotopic (exact) mass is 342 g/mol. The fourth-order valence-corrected chi connectivity index (χ4v) is 2.71. The van der Waals surface area contributed by atoms with Crippen molar-refractivity contribution in [3.63, 3.8) is 0 Å². The number of carbonyl (C=O) groups excluding carboxylic acids is 2. The van der Waals surface area contributed by atoms with Gasteiger partial charge in [-0.3, -0.25) is 9.59 Å². The average molecular weight is 342 g/mol. The highest BCUT2D eigenvalue weighted by Gasteiger charge is 2.29. The van der Waals surface area contributed by atoms with Gasteiger partial charge < -0.3 is 20.5 Å². The Labute approximate surface area is 145 Å². The largest absolute Gasteiger partial charge is 0.351 e. The predicted molar refractivity (Wildman–Crippen MR) is 95.4 cm³/mol. The summed E-state index contributed by atoms with van der Waals surface area (Å²) in [5.41, 5.74) is 1.62. The average Bonchev–Trinajstić information content (AvgIpc) is 2.93. The van der Waals surface area contributed by atoms with E-state index in [9.17, 15) is 9.59 Å². The maximum absolute atomic E-state index is 12.3. The molecule has 0 spiro atoms. The van der Waals surface area contributed by atoms with Crippen LogP contribution in [-0.2, 0) is 4.79 Å². The number of allylic oxidation sites excluding steroid dienone is 1. The molecule has 1 fully saturated rings. The molecule has 1 aliphatic rings. The van der Waals surface area contributed by atoms with Crippen LogP contribution in [0.1, 0.15) is 31.1 Å². The molecule has 0 atom stereocenters. The fraction of sp³-hybridized carbons (Fsp3) is 0.412. The van der Waals surface area contributed by atoms with E-state index >= 15 is 0 Å². The molecule has 0 saturated carbocycles. The van der Waals surface area contributed by atoms with Crippen molar-refractivity contribution < 1.29 is 9.59 Å². The number of nitrogens with one attached hydrogen (secondary N) is 3. The fourth-order valence-electron chi connectivity index (χ4n) is 2.71. The minimum Gasteiger partial charge on any atom is -0.351 e. The van der Waals surface area contributed by atoms with E-state index in [0.29, 0.717) is 35.6 Å². The van der Waals surface area contributed by atoms with Gasteiger partial charge in [0.25, 0.3) is 5.91 Å². The standard InChI is InChI=1S/C17H22N6O2/c1-4-5-14(24)21-11-8-23(9-11)13-7-19-16-15(22-13)12(6-18-16)17(25)20-10(2)3/h4-7,10-11H,8-9H2,1-3H3,(H,18,19)(H,20,25)(H,21,24). The van der Waals surface area contributed by atoms with Crippen molar-refractivity contribution in [1.82, 2.24) is 25.6 Å². The first-order valence-corrected chi connectivity index (χ1v) is 8.31. The maximum Gasteiger partial charge on any atom is 0.255 e. The predicted octanol–water partition coefficient (Wildman–Crippen LogP) is 0.977. The number of rotatable bonds is 5. The Morgan fingerprint density at radius 2 is 2.16 bits per heavy atom. The van der Waals surface area contributed by atoms with Crippen LogP contribution in [0.15, 0.2) is 24.5 Å². The van der Waals surface area contributed by atoms with Crippen molar-refractivity contribution in [2.45, 2.75) is 32.9 Å². The number of hydrogen-bond donors (Lipinski definition) is 3. The number of aromatic amines is 1. The number of hydrogen-bond acceptors (Lipinski definition) is 5. The van der Waals surface area contributed by atoms with Crippen LogP contribution >= 0.6 is 0 Å². The summed E-state index contributed by atoms with van der Waals surface area (Å²) in [7, 11) is 0. The zero-order valence-electron chi connectivity index (χ0n) is 14.5. The molecule has 3 heterocycles. The molecule has 1 saturated heterocycles. The van der Waals surface area contributed by atoms with Crippen LogP contribution in [0, 0.1) is 0 Å². The van der Waals surface area contributed by atoms with Gasteiger partial charge in [0.15, 0.2) is 5.65 Å². The summed E-state index contributed by atoms with van der Waals surface area (Å²) in [6.07, 6.45) is 6.52. The Hall–Kier alpha value is -2.90. The van der Waals surface area contributed by atoms with Crippen LogP contribution < -0.4 is 15.5 Å². The first kappa shape index (κ1) is 16.9. The van der Waals surface area contributed by atoms with E-state index in [4.69, 9.17) is 0 Å². The van der Waals surface area contributed by atoms with Gasteiger partial charge in [-0.05, 0) is 26.8 Å². The third kappa shape index (κ3) is 3.62. The highest BCUT2D eigenvalue weighted by atomic mass is 16.2. The van der Waals surface area contributed by atoms with Gasteiger partial charge in [-0.15, -0.1) is 0 Å². The second kappa shape index (κ2) is 6.92. The van der Waals surface area contributed by atoms with Crippen molar-refractivity contribution in [2.24, 2.45) is 0 Å². The SMILES string of the molecule is CC=CC(=O)NC1CN(c2cnc3[nH]cc(C(=O)NC(C)C)c3n2)C1. The lowest BCUT2D eigenvalue weighted by Gasteiger charge is -2.40. The molecule has 0 aliphatic carbocycles. The lowest BCUT2D eigenvalue weighted by atomic mass is 10.1. The number of anilines is 1. The Bertz CT molecular complexity index is 820. The smallest absolute Gasteiger partial charge is 0.255 e. The number of aromatic nitrogens is 3. The third-order valence-electron chi connectivity index (χ3n) is 3.90. The highest BCUT2D eigenvalue weighted by molar-refractivity contribution is 6.04. The topological polar surface area (TPSA) is 103 Å². The van der Waals surface area contributed by atoms with Crippen molar-refractivity contribution >= 4 is 28.8 Å². The van der Waals surface area contributed by atoms with Crippen LogP contribution in [0.5, 0.6) is 0 Å². The van der Waals surface area contributed by atoms with E-state index in [2.05, 4.69) is 25.6 Å². The molecular weight excluding hydrogens is 320 g/mol. The van der Waals surface area contributed by atoms with Crippen molar-refractivity contribution in [3.05, 3.63) is 30.1 Å². The van der Waals surface area contributed by atoms with E-state index in [1.807, 2.05) is 18.7 Å². The summed E-state index contributed by atoms with van der Waals surface area (Å²) in [5.74, 6) is 0.432. The van der Waals surface area contributed by atoms with Crippen molar-refractivity contribution in [1.29, 1.82) is 0 Å². The molecule has 132 valence electrons. The van der Waals surface area contributed by atoms with Crippen LogP contribution in [0.25, 0.3) is 11.2 Å². The van der Waals surface area contributed by atoms with Gasteiger partial charge in [0.1, 0.15) is 11.3 Å². The van der Waals surface area contributed by atoms with Crippen molar-refractivity contribution in [3.8, 4) is 0 Å². The van der Waals surface area contributed by atoms with Gasteiger partial charge in [-0.2, -0.15) is 0 Å². The maximum atomic E-state index is 12.3. The molecule has 3 rings (SSSR count). The molecule has 2 aromatic heterocycles. The molecule has 25 heavy (non-hydrogen) atoms. The van der Waals surface area contributed by atoms with Gasteiger partial charge in [-0.25, -0.2) is 9.97 Å². The molecule has 3 N–H and O–H groups in total. The lowest BCUT2D eigenvalue weighted by molar-refractivity contribution is -0.117. The van der Waals surface area contributed by atoms with Crippen LogP contribution in [0.2, 0.25) is 0 Å². The van der Waals surface area contributed by atoms with Gasteiger partial charge in [0, 0.05) is 25.3 Å². The first-order valence-electron chi connectivity index (χ1n) is 8.31. The van der Waals surface area contributed by atoms with Crippen LogP contribution in [-0.4, -0.2) is 51.9 Å². The molecule has 0 bridgehead atoms. The Kier molecular flexibility index (Phi) is 4.69. The zero-order chi connectivity index (χ0) is 18.0. The number of fused-ring (bicyclic) bond motifs is 1. The van der Waals surface area contributed by atoms with E-state index < -0.39 is 0 Å². The van der Waals surface area contributed by atoms with Crippen LogP contribution in [0.3, 0.4) is 0 Å². The molecule has 8 nitrogen and oxygen atoms in total. The Morgan fingerprint density at radius 1 is 1.40 bits per heavy atom. The summed E-state index contributed by atoms with van der Waals surface area (Å²) in [6, 6.07) is 0.140. The van der Waals surface area contributed by atoms with E-state index in [1.54, 1.807) is 25.4 Å². The van der Waals surface area contributed by atoms with Gasteiger partial charge in [-0.1, -0.05) is 6.08 Å². The van der Waals surface area contributed by atoms with Gasteiger partial charge in [0.05, 0.1) is 17.8 Å². The molecule has 0 unspecified atom stereocenters. The van der Waals surface area contributed by atoms with E-state index in [0.717, 1.165) is 0 Å². The summed E-state index contributed by atoms with van der Waals surface area (Å²) >= 11 is 0. The van der Waals surface area contributed by atoms with E-state index in [-0.39, 0.29) is 23.9 Å². The molecule has 2 amide bonds. The minimum atomic E-state index is -0.173. The van der Waals surface area contributed by atoms with Crippen molar-refractivity contribution in [2.75, 3.05) is 18.0 Å². The lowest BCUT2D eigenvalue weighted by Crippen LogP contribution is -2.59. The second-order valence-corrected chi connectivity index (χ2v) is 6.37. The highest BCUT2D eigenvalue weighted by Crippen LogP contribution is 2.22. The first-order chi connectivity index (χ1) is 12.0. The van der Waals surface area contributed by atoms with Gasteiger partial charge in [0.2, 0.25) is 5.91 Å². The molecule has 8 heteroatoms. The quantitative estimate of drug-likeness (QED) is 0.703. The number of H-pyrrole nitrogens is 1.